The molecule has 3 aromatic rings. The van der Waals surface area contributed by atoms with E-state index < -0.39 is 0 Å². The maximum Gasteiger partial charge on any atom is 0.254 e. The van der Waals surface area contributed by atoms with Crippen LogP contribution in [-0.2, 0) is 16.6 Å². The molecule has 184 valence electrons. The van der Waals surface area contributed by atoms with Gasteiger partial charge in [0, 0.05) is 28.6 Å². The number of benzene rings is 2. The van der Waals surface area contributed by atoms with Crippen molar-refractivity contribution >= 4 is 34.8 Å². The molecule has 1 aliphatic heterocycles. The smallest absolute Gasteiger partial charge is 0.254 e. The normalized spacial score (nSPS) is 15.6. The zero-order valence-electron chi connectivity index (χ0n) is 20.9. The molecule has 1 aliphatic rings. The van der Waals surface area contributed by atoms with E-state index >= 15 is 0 Å². The van der Waals surface area contributed by atoms with Gasteiger partial charge in [-0.2, -0.15) is 0 Å². The van der Waals surface area contributed by atoms with Gasteiger partial charge in [-0.05, 0) is 70.7 Å². The van der Waals surface area contributed by atoms with E-state index in [1.165, 1.54) is 16.0 Å². The average Bonchev–Trinajstić information content (AvgIpc) is 3.31. The third kappa shape index (κ3) is 5.62. The second-order valence-electron chi connectivity index (χ2n) is 10.1. The lowest BCUT2D eigenvalue weighted by atomic mass is 9.85. The van der Waals surface area contributed by atoms with E-state index in [1.807, 2.05) is 11.8 Å². The van der Waals surface area contributed by atoms with Gasteiger partial charge in [-0.25, -0.2) is 0 Å². The minimum absolute atomic E-state index is 0.0255. The molecule has 2 heterocycles. The number of fused-ring (bicyclic) bond motifs is 1. The Morgan fingerprint density at radius 3 is 2.37 bits per heavy atom. The van der Waals surface area contributed by atoms with Crippen LogP contribution in [0.1, 0.15) is 72.1 Å². The molecule has 0 saturated carbocycles. The standard InChI is InChI=1S/C29H33ClN2O2S/c1-5-16-31(28(34)21-8-12-23(30)13-9-21)19-26(33)32-17-14-25-24(15-18-35-25)27(32)20-6-10-22(11-7-20)29(2,3)4/h6-13,15,18,27H,5,14,16-17,19H2,1-4H3. The van der Waals surface area contributed by atoms with Crippen molar-refractivity contribution in [2.24, 2.45) is 0 Å². The molecule has 0 radical (unpaired) electrons. The summed E-state index contributed by atoms with van der Waals surface area (Å²) in [4.78, 5) is 31.9. The summed E-state index contributed by atoms with van der Waals surface area (Å²) in [5.41, 5.74) is 4.18. The molecule has 0 spiro atoms. The lowest BCUT2D eigenvalue weighted by molar-refractivity contribution is -0.134. The summed E-state index contributed by atoms with van der Waals surface area (Å²) >= 11 is 7.76. The van der Waals surface area contributed by atoms with Crippen molar-refractivity contribution in [3.63, 3.8) is 0 Å². The van der Waals surface area contributed by atoms with Gasteiger partial charge in [-0.15, -0.1) is 11.3 Å². The number of carbonyl (C=O) groups excluding carboxylic acids is 2. The third-order valence-electron chi connectivity index (χ3n) is 6.58. The second-order valence-corrected chi connectivity index (χ2v) is 11.6. The van der Waals surface area contributed by atoms with Crippen LogP contribution < -0.4 is 0 Å². The van der Waals surface area contributed by atoms with Crippen molar-refractivity contribution in [1.82, 2.24) is 9.80 Å². The van der Waals surface area contributed by atoms with Crippen molar-refractivity contribution in [2.45, 2.75) is 52.0 Å². The fourth-order valence-corrected chi connectivity index (χ4v) is 5.69. The number of hydrogen-bond acceptors (Lipinski definition) is 3. The zero-order valence-corrected chi connectivity index (χ0v) is 22.5. The molecule has 0 saturated heterocycles. The molecular weight excluding hydrogens is 476 g/mol. The summed E-state index contributed by atoms with van der Waals surface area (Å²) in [6.07, 6.45) is 1.62. The van der Waals surface area contributed by atoms with Crippen LogP contribution in [0.15, 0.2) is 60.0 Å². The van der Waals surface area contributed by atoms with Crippen molar-refractivity contribution in [3.8, 4) is 0 Å². The summed E-state index contributed by atoms with van der Waals surface area (Å²) in [6, 6.07) is 17.5. The van der Waals surface area contributed by atoms with E-state index in [4.69, 9.17) is 11.6 Å². The fraction of sp³-hybridized carbons (Fsp3) is 0.379. The van der Waals surface area contributed by atoms with Crippen LogP contribution in [0, 0.1) is 0 Å². The quantitative estimate of drug-likeness (QED) is 0.370. The highest BCUT2D eigenvalue weighted by Crippen LogP contribution is 2.38. The van der Waals surface area contributed by atoms with Crippen molar-refractivity contribution in [3.05, 3.63) is 92.1 Å². The number of amides is 2. The Morgan fingerprint density at radius 1 is 1.06 bits per heavy atom. The van der Waals surface area contributed by atoms with Crippen molar-refractivity contribution in [1.29, 1.82) is 0 Å². The maximum atomic E-state index is 13.7. The number of thiophene rings is 1. The topological polar surface area (TPSA) is 40.6 Å². The van der Waals surface area contributed by atoms with E-state index in [0.717, 1.165) is 18.4 Å². The SMILES string of the molecule is CCCN(CC(=O)N1CCc2sccc2C1c1ccc(C(C)(C)C)cc1)C(=O)c1ccc(Cl)cc1. The Morgan fingerprint density at radius 2 is 1.74 bits per heavy atom. The minimum Gasteiger partial charge on any atom is -0.330 e. The van der Waals surface area contributed by atoms with Gasteiger partial charge in [0.25, 0.3) is 5.91 Å². The Hall–Kier alpha value is -2.63. The minimum atomic E-state index is -0.142. The average molecular weight is 509 g/mol. The van der Waals surface area contributed by atoms with Crippen LogP contribution >= 0.6 is 22.9 Å². The van der Waals surface area contributed by atoms with E-state index in [9.17, 15) is 9.59 Å². The highest BCUT2D eigenvalue weighted by Gasteiger charge is 2.34. The number of hydrogen-bond donors (Lipinski definition) is 0. The molecule has 1 atom stereocenters. The van der Waals surface area contributed by atoms with E-state index in [0.29, 0.717) is 23.7 Å². The van der Waals surface area contributed by atoms with Gasteiger partial charge in [0.1, 0.15) is 6.54 Å². The molecule has 4 nitrogen and oxygen atoms in total. The van der Waals surface area contributed by atoms with Gasteiger partial charge in [0.2, 0.25) is 5.91 Å². The van der Waals surface area contributed by atoms with Gasteiger partial charge in [0.15, 0.2) is 0 Å². The van der Waals surface area contributed by atoms with Crippen LogP contribution in [0.25, 0.3) is 0 Å². The first-order valence-corrected chi connectivity index (χ1v) is 13.5. The first-order valence-electron chi connectivity index (χ1n) is 12.2. The lowest BCUT2D eigenvalue weighted by Gasteiger charge is -2.38. The molecule has 2 aromatic carbocycles. The first kappa shape index (κ1) is 25.5. The number of nitrogens with zero attached hydrogens (tertiary/aromatic N) is 2. The predicted octanol–water partition coefficient (Wildman–Crippen LogP) is 6.73. The Balaban J connectivity index is 1.61. The zero-order chi connectivity index (χ0) is 25.2. The van der Waals surface area contributed by atoms with Crippen LogP contribution in [0.4, 0.5) is 0 Å². The molecule has 2 amide bonds. The van der Waals surface area contributed by atoms with Gasteiger partial charge < -0.3 is 9.80 Å². The van der Waals surface area contributed by atoms with Gasteiger partial charge in [-0.3, -0.25) is 9.59 Å². The van der Waals surface area contributed by atoms with Crippen molar-refractivity contribution in [2.75, 3.05) is 19.6 Å². The lowest BCUT2D eigenvalue weighted by Crippen LogP contribution is -2.47. The highest BCUT2D eigenvalue weighted by molar-refractivity contribution is 7.10. The monoisotopic (exact) mass is 508 g/mol. The van der Waals surface area contributed by atoms with Gasteiger partial charge >= 0.3 is 0 Å². The van der Waals surface area contributed by atoms with Gasteiger partial charge in [0.05, 0.1) is 6.04 Å². The molecule has 4 rings (SSSR count). The maximum absolute atomic E-state index is 13.7. The summed E-state index contributed by atoms with van der Waals surface area (Å²) < 4.78 is 0. The summed E-state index contributed by atoms with van der Waals surface area (Å²) in [5.74, 6) is -0.168. The number of carbonyl (C=O) groups is 2. The summed E-state index contributed by atoms with van der Waals surface area (Å²) in [6.45, 7) is 9.86. The van der Waals surface area contributed by atoms with E-state index in [-0.39, 0.29) is 29.8 Å². The van der Waals surface area contributed by atoms with Gasteiger partial charge in [-0.1, -0.05) is 63.6 Å². The molecule has 0 aliphatic carbocycles. The highest BCUT2D eigenvalue weighted by atomic mass is 35.5. The van der Waals surface area contributed by atoms with E-state index in [2.05, 4.69) is 56.5 Å². The Labute approximate surface area is 217 Å². The van der Waals surface area contributed by atoms with Crippen LogP contribution in [0.3, 0.4) is 0 Å². The van der Waals surface area contributed by atoms with E-state index in [1.54, 1.807) is 40.5 Å². The Kier molecular flexibility index (Phi) is 7.67. The molecule has 1 aromatic heterocycles. The molecule has 0 bridgehead atoms. The summed E-state index contributed by atoms with van der Waals surface area (Å²) in [7, 11) is 0. The first-order chi connectivity index (χ1) is 16.7. The largest absolute Gasteiger partial charge is 0.330 e. The van der Waals surface area contributed by atoms with Crippen molar-refractivity contribution < 1.29 is 9.59 Å². The predicted molar refractivity (Wildman–Crippen MR) is 144 cm³/mol. The summed E-state index contributed by atoms with van der Waals surface area (Å²) in [5, 5.41) is 2.70. The second kappa shape index (κ2) is 10.5. The van der Waals surface area contributed by atoms with Crippen LogP contribution in [0.5, 0.6) is 0 Å². The Bertz CT molecular complexity index is 1180. The molecule has 0 fully saturated rings. The van der Waals surface area contributed by atoms with Crippen LogP contribution in [-0.4, -0.2) is 41.2 Å². The molecule has 6 heteroatoms. The molecule has 1 unspecified atom stereocenters. The molecular formula is C29H33ClN2O2S. The third-order valence-corrected chi connectivity index (χ3v) is 7.83. The molecule has 35 heavy (non-hydrogen) atoms. The molecule has 0 N–H and O–H groups in total. The fourth-order valence-electron chi connectivity index (χ4n) is 4.66. The van der Waals surface area contributed by atoms with Crippen LogP contribution in [0.2, 0.25) is 5.02 Å². The number of rotatable bonds is 6. The number of halogens is 1.